The third kappa shape index (κ3) is 6.20. The average molecular weight is 530 g/mol. The first kappa shape index (κ1) is 26.2. The van der Waals surface area contributed by atoms with Crippen LogP contribution < -0.4 is 15.5 Å². The number of piperazine rings is 1. The normalized spacial score (nSPS) is 16.3. The summed E-state index contributed by atoms with van der Waals surface area (Å²) in [4.78, 5) is 24.7. The summed E-state index contributed by atoms with van der Waals surface area (Å²) in [5.41, 5.74) is 1.92. The number of ether oxygens (including phenoxy) is 1. The van der Waals surface area contributed by atoms with Crippen LogP contribution in [0.5, 0.6) is 0 Å². The first-order valence-electron chi connectivity index (χ1n) is 13.1. The molecule has 3 aromatic rings. The van der Waals surface area contributed by atoms with Crippen molar-refractivity contribution in [1.82, 2.24) is 14.9 Å². The number of carbonyl (C=O) groups excluding carboxylic acids is 1. The lowest BCUT2D eigenvalue weighted by Crippen LogP contribution is -2.50. The molecule has 1 aliphatic heterocycles. The zero-order valence-corrected chi connectivity index (χ0v) is 22.4. The Kier molecular flexibility index (Phi) is 7.00. The number of hydrogen-bond acceptors (Lipinski definition) is 8. The fraction of sp³-hybridized carbons (Fsp3) is 0.379. The van der Waals surface area contributed by atoms with Crippen molar-refractivity contribution >= 4 is 34.9 Å². The van der Waals surface area contributed by atoms with Gasteiger partial charge >= 0.3 is 6.09 Å². The summed E-state index contributed by atoms with van der Waals surface area (Å²) in [5, 5.41) is 15.8. The van der Waals surface area contributed by atoms with Gasteiger partial charge in [0.05, 0.1) is 17.2 Å². The molecule has 2 aliphatic rings. The van der Waals surface area contributed by atoms with Crippen LogP contribution in [0.2, 0.25) is 0 Å². The number of anilines is 5. The molecule has 0 bridgehead atoms. The van der Waals surface area contributed by atoms with Gasteiger partial charge in [0.1, 0.15) is 17.2 Å². The van der Waals surface area contributed by atoms with Crippen LogP contribution in [0.3, 0.4) is 0 Å². The van der Waals surface area contributed by atoms with E-state index in [0.29, 0.717) is 49.3 Å². The molecule has 202 valence electrons. The van der Waals surface area contributed by atoms with E-state index in [4.69, 9.17) is 4.74 Å². The molecule has 0 atom stereocenters. The summed E-state index contributed by atoms with van der Waals surface area (Å²) in [6.07, 6.45) is 3.03. The number of hydrogen-bond donors (Lipinski definition) is 2. The van der Waals surface area contributed by atoms with Gasteiger partial charge in [-0.1, -0.05) is 12.1 Å². The molecule has 1 saturated heterocycles. The van der Waals surface area contributed by atoms with Crippen LogP contribution in [0.4, 0.5) is 38.0 Å². The molecule has 2 fully saturated rings. The highest BCUT2D eigenvalue weighted by molar-refractivity contribution is 5.69. The predicted octanol–water partition coefficient (Wildman–Crippen LogP) is 5.72. The van der Waals surface area contributed by atoms with Crippen molar-refractivity contribution in [3.8, 4) is 6.07 Å². The minimum Gasteiger partial charge on any atom is -0.444 e. The smallest absolute Gasteiger partial charge is 0.410 e. The fourth-order valence-electron chi connectivity index (χ4n) is 4.55. The van der Waals surface area contributed by atoms with Crippen molar-refractivity contribution in [3.63, 3.8) is 0 Å². The SMILES string of the molecule is CC(C)(C)OC(=O)N1CCN(c2ccc(Nc3nccc(Nc4cccc(C5(C#N)CC5)c4)n3)cc2F)CC1. The van der Waals surface area contributed by atoms with E-state index in [-0.39, 0.29) is 17.3 Å². The van der Waals surface area contributed by atoms with E-state index in [1.165, 1.54) is 6.07 Å². The standard InChI is InChI=1S/C29H32FN7O2/c1-28(2,3)39-27(38)37-15-13-36(14-16-37)24-8-7-22(18-23(24)30)34-26-32-12-9-25(35-26)33-21-6-4-5-20(17-21)29(19-31)10-11-29/h4-9,12,17-18H,10-11,13-16H2,1-3H3,(H2,32,33,34,35). The van der Waals surface area contributed by atoms with E-state index in [9.17, 15) is 10.1 Å². The Bertz CT molecular complexity index is 1400. The van der Waals surface area contributed by atoms with Gasteiger partial charge in [0.15, 0.2) is 0 Å². The Labute approximate surface area is 227 Å². The Balaban J connectivity index is 1.20. The van der Waals surface area contributed by atoms with Crippen molar-refractivity contribution in [2.45, 2.75) is 44.6 Å². The third-order valence-corrected chi connectivity index (χ3v) is 6.78. The molecule has 1 amide bonds. The molecule has 2 aromatic carbocycles. The number of rotatable bonds is 6. The van der Waals surface area contributed by atoms with Gasteiger partial charge in [-0.05, 0) is 75.6 Å². The van der Waals surface area contributed by atoms with E-state index < -0.39 is 5.60 Å². The number of nitriles is 1. The minimum atomic E-state index is -0.551. The van der Waals surface area contributed by atoms with Crippen LogP contribution in [0.1, 0.15) is 39.2 Å². The van der Waals surface area contributed by atoms with Gasteiger partial charge in [0, 0.05) is 43.8 Å². The second-order valence-electron chi connectivity index (χ2n) is 10.9. The van der Waals surface area contributed by atoms with Crippen LogP contribution in [-0.2, 0) is 10.2 Å². The highest BCUT2D eigenvalue weighted by atomic mass is 19.1. The van der Waals surface area contributed by atoms with E-state index in [1.807, 2.05) is 49.9 Å². The molecule has 0 spiro atoms. The quantitative estimate of drug-likeness (QED) is 0.418. The lowest BCUT2D eigenvalue weighted by atomic mass is 9.97. The number of nitrogens with zero attached hydrogens (tertiary/aromatic N) is 5. The molecule has 10 heteroatoms. The van der Waals surface area contributed by atoms with Crippen LogP contribution in [0.25, 0.3) is 0 Å². The van der Waals surface area contributed by atoms with Crippen molar-refractivity contribution < 1.29 is 13.9 Å². The summed E-state index contributed by atoms with van der Waals surface area (Å²) >= 11 is 0. The highest BCUT2D eigenvalue weighted by Gasteiger charge is 2.44. The Hall–Kier alpha value is -4.39. The van der Waals surface area contributed by atoms with Crippen LogP contribution >= 0.6 is 0 Å². The maximum atomic E-state index is 15.1. The Morgan fingerprint density at radius 2 is 1.79 bits per heavy atom. The summed E-state index contributed by atoms with van der Waals surface area (Å²) in [5.74, 6) is 0.527. The lowest BCUT2D eigenvalue weighted by Gasteiger charge is -2.36. The molecular weight excluding hydrogens is 497 g/mol. The van der Waals surface area contributed by atoms with Crippen molar-refractivity contribution in [2.24, 2.45) is 0 Å². The molecule has 5 rings (SSSR count). The predicted molar refractivity (Wildman–Crippen MR) is 148 cm³/mol. The first-order valence-corrected chi connectivity index (χ1v) is 13.1. The molecule has 0 unspecified atom stereocenters. The molecular formula is C29H32FN7O2. The van der Waals surface area contributed by atoms with Crippen LogP contribution in [-0.4, -0.2) is 52.7 Å². The van der Waals surface area contributed by atoms with Crippen molar-refractivity contribution in [1.29, 1.82) is 5.26 Å². The van der Waals surface area contributed by atoms with Gasteiger partial charge in [-0.3, -0.25) is 0 Å². The zero-order chi connectivity index (χ0) is 27.6. The molecule has 39 heavy (non-hydrogen) atoms. The summed E-state index contributed by atoms with van der Waals surface area (Å²) in [6.45, 7) is 7.45. The molecule has 0 radical (unpaired) electrons. The number of amides is 1. The average Bonchev–Trinajstić information content (AvgIpc) is 3.70. The second kappa shape index (κ2) is 10.4. The van der Waals surface area contributed by atoms with Gasteiger partial charge < -0.3 is 25.2 Å². The lowest BCUT2D eigenvalue weighted by molar-refractivity contribution is 0.0240. The first-order chi connectivity index (χ1) is 18.6. The molecule has 1 saturated carbocycles. The number of benzene rings is 2. The number of carbonyl (C=O) groups is 1. The topological polar surface area (TPSA) is 106 Å². The van der Waals surface area contributed by atoms with Gasteiger partial charge in [0.2, 0.25) is 5.95 Å². The monoisotopic (exact) mass is 529 g/mol. The minimum absolute atomic E-state index is 0.324. The van der Waals surface area contributed by atoms with E-state index in [1.54, 1.807) is 29.3 Å². The number of aromatic nitrogens is 2. The zero-order valence-electron chi connectivity index (χ0n) is 22.4. The third-order valence-electron chi connectivity index (χ3n) is 6.78. The highest BCUT2D eigenvalue weighted by Crippen LogP contribution is 2.48. The molecule has 2 heterocycles. The maximum Gasteiger partial charge on any atom is 0.410 e. The van der Waals surface area contributed by atoms with E-state index in [0.717, 1.165) is 24.1 Å². The number of halogens is 1. The number of nitrogens with one attached hydrogen (secondary N) is 2. The van der Waals surface area contributed by atoms with Crippen LogP contribution in [0, 0.1) is 17.1 Å². The van der Waals surface area contributed by atoms with Crippen LogP contribution in [0.15, 0.2) is 54.7 Å². The van der Waals surface area contributed by atoms with E-state index >= 15 is 4.39 Å². The summed E-state index contributed by atoms with van der Waals surface area (Å²) in [6, 6.07) is 16.9. The molecule has 9 nitrogen and oxygen atoms in total. The Morgan fingerprint density at radius 3 is 2.46 bits per heavy atom. The largest absolute Gasteiger partial charge is 0.444 e. The van der Waals surface area contributed by atoms with Gasteiger partial charge in [-0.15, -0.1) is 0 Å². The molecule has 1 aliphatic carbocycles. The maximum absolute atomic E-state index is 15.1. The summed E-state index contributed by atoms with van der Waals surface area (Å²) in [7, 11) is 0. The van der Waals surface area contributed by atoms with Crippen molar-refractivity contribution in [3.05, 3.63) is 66.1 Å². The van der Waals surface area contributed by atoms with Gasteiger partial charge in [-0.25, -0.2) is 14.2 Å². The fourth-order valence-corrected chi connectivity index (χ4v) is 4.55. The molecule has 2 N–H and O–H groups in total. The Morgan fingerprint density at radius 1 is 1.05 bits per heavy atom. The van der Waals surface area contributed by atoms with Gasteiger partial charge in [0.25, 0.3) is 0 Å². The van der Waals surface area contributed by atoms with Crippen molar-refractivity contribution in [2.75, 3.05) is 41.7 Å². The van der Waals surface area contributed by atoms with E-state index in [2.05, 4.69) is 26.7 Å². The summed E-state index contributed by atoms with van der Waals surface area (Å²) < 4.78 is 20.5. The second-order valence-corrected chi connectivity index (χ2v) is 10.9. The van der Waals surface area contributed by atoms with Gasteiger partial charge in [-0.2, -0.15) is 10.2 Å². The molecule has 1 aromatic heterocycles.